The van der Waals surface area contributed by atoms with E-state index in [1.807, 2.05) is 37.3 Å². The number of nitrogens with one attached hydrogen (secondary N) is 1. The zero-order chi connectivity index (χ0) is 16.6. The molecular weight excluding hydrogens is 294 g/mol. The van der Waals surface area contributed by atoms with Gasteiger partial charge in [0.25, 0.3) is 5.56 Å². The van der Waals surface area contributed by atoms with E-state index < -0.39 is 0 Å². The molecule has 0 bridgehead atoms. The minimum atomic E-state index is -0.236. The van der Waals surface area contributed by atoms with Crippen LogP contribution in [0.4, 0.5) is 17.2 Å². The van der Waals surface area contributed by atoms with Crippen LogP contribution in [0.25, 0.3) is 5.69 Å². The van der Waals surface area contributed by atoms with Gasteiger partial charge in [-0.1, -0.05) is 18.2 Å². The van der Waals surface area contributed by atoms with Crippen molar-refractivity contribution >= 4 is 17.2 Å². The second-order valence-corrected chi connectivity index (χ2v) is 5.19. The normalized spacial score (nSPS) is 11.4. The van der Waals surface area contributed by atoms with Gasteiger partial charge >= 0.3 is 0 Å². The molecule has 3 rings (SSSR count). The molecule has 2 aromatic heterocycles. The van der Waals surface area contributed by atoms with E-state index in [1.165, 1.54) is 0 Å². The average molecular weight is 311 g/mol. The summed E-state index contributed by atoms with van der Waals surface area (Å²) in [5, 5.41) is 14.8. The van der Waals surface area contributed by atoms with Gasteiger partial charge in [0.05, 0.1) is 17.1 Å². The van der Waals surface area contributed by atoms with Gasteiger partial charge in [-0.3, -0.25) is 14.6 Å². The van der Waals surface area contributed by atoms with Gasteiger partial charge < -0.3 is 5.73 Å². The van der Waals surface area contributed by atoms with Crippen LogP contribution >= 0.6 is 0 Å². The minimum Gasteiger partial charge on any atom is -0.380 e. The number of anilines is 1. The maximum Gasteiger partial charge on any atom is 0.299 e. The number of nitrogens with zero attached hydrogens (tertiary/aromatic N) is 5. The van der Waals surface area contributed by atoms with E-state index in [0.717, 1.165) is 5.69 Å². The highest BCUT2D eigenvalue weighted by Crippen LogP contribution is 2.26. The first-order valence-electron chi connectivity index (χ1n) is 7.07. The average Bonchev–Trinajstić information content (AvgIpc) is 2.97. The molecule has 23 heavy (non-hydrogen) atoms. The number of hydrogen-bond donors (Lipinski definition) is 2. The van der Waals surface area contributed by atoms with Gasteiger partial charge in [0.15, 0.2) is 11.5 Å². The predicted molar refractivity (Wildman–Crippen MR) is 87.7 cm³/mol. The van der Waals surface area contributed by atoms with Gasteiger partial charge in [0.1, 0.15) is 5.69 Å². The summed E-state index contributed by atoms with van der Waals surface area (Å²) in [7, 11) is 1.81. The van der Waals surface area contributed by atoms with Gasteiger partial charge in [-0.05, 0) is 26.0 Å². The maximum atomic E-state index is 12.7. The lowest BCUT2D eigenvalue weighted by Gasteiger charge is -2.07. The third-order valence-corrected chi connectivity index (χ3v) is 3.72. The second-order valence-electron chi connectivity index (χ2n) is 5.19. The van der Waals surface area contributed by atoms with Gasteiger partial charge in [0, 0.05) is 7.05 Å². The second kappa shape index (κ2) is 5.56. The molecule has 0 aliphatic heterocycles. The Morgan fingerprint density at radius 1 is 1.13 bits per heavy atom. The predicted octanol–water partition coefficient (Wildman–Crippen LogP) is 2.51. The Kier molecular flexibility index (Phi) is 3.57. The van der Waals surface area contributed by atoms with Crippen LogP contribution in [0.1, 0.15) is 11.4 Å². The van der Waals surface area contributed by atoms with Crippen molar-refractivity contribution in [3.8, 4) is 5.69 Å². The lowest BCUT2D eigenvalue weighted by molar-refractivity contribution is 0.630. The molecule has 0 radical (unpaired) electrons. The van der Waals surface area contributed by atoms with E-state index in [-0.39, 0.29) is 17.1 Å². The van der Waals surface area contributed by atoms with Gasteiger partial charge in [-0.2, -0.15) is 5.10 Å². The number of nitrogens with two attached hydrogens (primary N) is 1. The molecule has 0 aliphatic carbocycles. The molecule has 3 aromatic rings. The fraction of sp³-hybridized carbons (Fsp3) is 0.200. The highest BCUT2D eigenvalue weighted by atomic mass is 16.1. The van der Waals surface area contributed by atoms with E-state index in [0.29, 0.717) is 17.1 Å². The van der Waals surface area contributed by atoms with Crippen molar-refractivity contribution in [2.24, 2.45) is 17.3 Å². The van der Waals surface area contributed by atoms with E-state index in [2.05, 4.69) is 20.4 Å². The summed E-state index contributed by atoms with van der Waals surface area (Å²) in [6.45, 7) is 3.61. The number of nitrogen functional groups attached to an aromatic ring is 1. The topological polar surface area (TPSA) is 106 Å². The SMILES string of the molecule is Cc1[nH]nc(N)c1N=Nc1c(C)n(C)n(-c2ccccc2)c1=O. The molecule has 0 atom stereocenters. The molecule has 2 heterocycles. The van der Waals surface area contributed by atoms with Crippen molar-refractivity contribution in [3.63, 3.8) is 0 Å². The zero-order valence-corrected chi connectivity index (χ0v) is 13.1. The maximum absolute atomic E-state index is 12.7. The first-order valence-corrected chi connectivity index (χ1v) is 7.07. The van der Waals surface area contributed by atoms with Crippen molar-refractivity contribution in [2.45, 2.75) is 13.8 Å². The Hall–Kier alpha value is -3.16. The molecule has 0 aliphatic rings. The molecule has 118 valence electrons. The molecule has 1 aromatic carbocycles. The Balaban J connectivity index is 2.10. The Labute approximate surface area is 132 Å². The number of para-hydroxylation sites is 1. The molecule has 0 amide bonds. The van der Waals surface area contributed by atoms with Crippen molar-refractivity contribution in [1.29, 1.82) is 0 Å². The number of benzene rings is 1. The minimum absolute atomic E-state index is 0.236. The highest BCUT2D eigenvalue weighted by molar-refractivity contribution is 5.60. The molecule has 0 saturated carbocycles. The molecule has 0 saturated heterocycles. The van der Waals surface area contributed by atoms with Crippen LogP contribution < -0.4 is 11.3 Å². The first kappa shape index (κ1) is 14.8. The summed E-state index contributed by atoms with van der Waals surface area (Å²) in [6.07, 6.45) is 0. The lowest BCUT2D eigenvalue weighted by atomic mass is 10.3. The van der Waals surface area contributed by atoms with Crippen LogP contribution in [0, 0.1) is 13.8 Å². The largest absolute Gasteiger partial charge is 0.380 e. The number of aromatic amines is 1. The van der Waals surface area contributed by atoms with Crippen molar-refractivity contribution in [2.75, 3.05) is 5.73 Å². The van der Waals surface area contributed by atoms with Crippen LogP contribution in [0.3, 0.4) is 0 Å². The van der Waals surface area contributed by atoms with Crippen LogP contribution in [0.15, 0.2) is 45.4 Å². The summed E-state index contributed by atoms with van der Waals surface area (Å²) in [5.74, 6) is 0.253. The summed E-state index contributed by atoms with van der Waals surface area (Å²) < 4.78 is 3.30. The van der Waals surface area contributed by atoms with Gasteiger partial charge in [-0.15, -0.1) is 10.2 Å². The van der Waals surface area contributed by atoms with E-state index >= 15 is 0 Å². The molecule has 0 unspecified atom stereocenters. The number of aromatic nitrogens is 4. The van der Waals surface area contributed by atoms with Crippen molar-refractivity contribution < 1.29 is 0 Å². The van der Waals surface area contributed by atoms with Gasteiger partial charge in [-0.25, -0.2) is 4.68 Å². The fourth-order valence-corrected chi connectivity index (χ4v) is 2.34. The number of H-pyrrole nitrogens is 1. The standard InChI is InChI=1S/C15H17N7O/c1-9-12(14(16)20-17-9)18-19-13-10(2)21(3)22(15(13)23)11-7-5-4-6-8-11/h4-8H,1-3H3,(H3,16,17,20). The third kappa shape index (κ3) is 2.44. The van der Waals surface area contributed by atoms with Crippen LogP contribution in [-0.4, -0.2) is 19.6 Å². The van der Waals surface area contributed by atoms with E-state index in [1.54, 1.807) is 23.3 Å². The third-order valence-electron chi connectivity index (χ3n) is 3.72. The van der Waals surface area contributed by atoms with Crippen LogP contribution in [-0.2, 0) is 7.05 Å². The number of rotatable bonds is 3. The van der Waals surface area contributed by atoms with Crippen molar-refractivity contribution in [3.05, 3.63) is 52.1 Å². The molecular formula is C15H17N7O. The molecule has 0 spiro atoms. The summed E-state index contributed by atoms with van der Waals surface area (Å²) in [5.41, 5.74) is 8.38. The molecule has 8 heteroatoms. The monoisotopic (exact) mass is 311 g/mol. The number of azo groups is 1. The Morgan fingerprint density at radius 3 is 2.39 bits per heavy atom. The molecule has 0 fully saturated rings. The molecule has 8 nitrogen and oxygen atoms in total. The van der Waals surface area contributed by atoms with E-state index in [9.17, 15) is 4.79 Å². The Morgan fingerprint density at radius 2 is 1.78 bits per heavy atom. The smallest absolute Gasteiger partial charge is 0.299 e. The fourth-order valence-electron chi connectivity index (χ4n) is 2.34. The van der Waals surface area contributed by atoms with Gasteiger partial charge in [0.2, 0.25) is 0 Å². The molecule has 3 N–H and O–H groups in total. The Bertz CT molecular complexity index is 911. The van der Waals surface area contributed by atoms with Crippen molar-refractivity contribution in [1.82, 2.24) is 19.6 Å². The number of aryl methyl sites for hydroxylation is 1. The summed E-state index contributed by atoms with van der Waals surface area (Å²) >= 11 is 0. The first-order chi connectivity index (χ1) is 11.0. The lowest BCUT2D eigenvalue weighted by Crippen LogP contribution is -2.19. The zero-order valence-electron chi connectivity index (χ0n) is 13.1. The quantitative estimate of drug-likeness (QED) is 0.726. The summed E-state index contributed by atoms with van der Waals surface area (Å²) in [6, 6.07) is 9.37. The van der Waals surface area contributed by atoms with E-state index in [4.69, 9.17) is 5.73 Å². The number of hydrogen-bond acceptors (Lipinski definition) is 5. The van der Waals surface area contributed by atoms with Crippen LogP contribution in [0.5, 0.6) is 0 Å². The van der Waals surface area contributed by atoms with Crippen LogP contribution in [0.2, 0.25) is 0 Å². The summed E-state index contributed by atoms with van der Waals surface area (Å²) in [4.78, 5) is 12.7. The highest BCUT2D eigenvalue weighted by Gasteiger charge is 2.16.